The first-order valence-corrected chi connectivity index (χ1v) is 11.1. The van der Waals surface area contributed by atoms with Crippen molar-refractivity contribution in [3.8, 4) is 34.5 Å². The first-order chi connectivity index (χ1) is 16.9. The number of benzene rings is 2. The molecule has 0 radical (unpaired) electrons. The molecule has 0 aliphatic carbocycles. The van der Waals surface area contributed by atoms with Crippen LogP contribution in [0, 0.1) is 5.41 Å². The van der Waals surface area contributed by atoms with Gasteiger partial charge in [-0.15, -0.1) is 0 Å². The number of ether oxygens (including phenoxy) is 2. The number of rotatable bonds is 9. The van der Waals surface area contributed by atoms with E-state index in [0.29, 0.717) is 35.7 Å². The van der Waals surface area contributed by atoms with Gasteiger partial charge in [0.2, 0.25) is 5.91 Å². The van der Waals surface area contributed by atoms with E-state index in [9.17, 15) is 23.1 Å². The number of aromatic hydroxyl groups is 1. The predicted octanol–water partition coefficient (Wildman–Crippen LogP) is 4.79. The Morgan fingerprint density at radius 1 is 1.03 bits per heavy atom. The number of aromatic nitrogens is 3. The standard InChI is InChI=1S/C24H24ClF3N4O4/c1-23(2,24(26,27)28)21(33)29-13-14-4-9-18(25)17(12-14)20-30-19(31-22(34)32-20)15-5-7-16(8-6-15)36-11-10-35-3/h4-9,12H,10-11,13H2,1-3H3,(H,29,33)(H,30,31,32,34). The summed E-state index contributed by atoms with van der Waals surface area (Å²) in [7, 11) is 1.57. The molecule has 8 nitrogen and oxygen atoms in total. The normalized spacial score (nSPS) is 11.9. The number of nitrogens with one attached hydrogen (secondary N) is 1. The van der Waals surface area contributed by atoms with Gasteiger partial charge in [0.1, 0.15) is 17.8 Å². The number of carbonyl (C=O) groups excluding carboxylic acids is 1. The SMILES string of the molecule is COCCOc1ccc(-c2nc(O)nc(-c3cc(CNC(=O)C(C)(C)C(F)(F)F)ccc3Cl)n2)cc1. The van der Waals surface area contributed by atoms with Crippen LogP contribution in [0.5, 0.6) is 11.8 Å². The smallest absolute Gasteiger partial charge is 0.402 e. The van der Waals surface area contributed by atoms with Crippen LogP contribution < -0.4 is 10.1 Å². The van der Waals surface area contributed by atoms with Gasteiger partial charge in [0.15, 0.2) is 11.6 Å². The summed E-state index contributed by atoms with van der Waals surface area (Å²) in [5, 5.41) is 12.6. The summed E-state index contributed by atoms with van der Waals surface area (Å²) in [4.78, 5) is 24.4. The van der Waals surface area contributed by atoms with E-state index in [1.54, 1.807) is 37.4 Å². The second-order valence-electron chi connectivity index (χ2n) is 8.27. The number of methoxy groups -OCH3 is 1. The van der Waals surface area contributed by atoms with Crippen molar-refractivity contribution in [1.29, 1.82) is 0 Å². The van der Waals surface area contributed by atoms with Gasteiger partial charge in [0.25, 0.3) is 0 Å². The number of hydrogen-bond acceptors (Lipinski definition) is 7. The number of halogens is 4. The van der Waals surface area contributed by atoms with E-state index >= 15 is 0 Å². The lowest BCUT2D eigenvalue weighted by atomic mass is 9.91. The molecule has 1 amide bonds. The average Bonchev–Trinajstić information content (AvgIpc) is 2.82. The van der Waals surface area contributed by atoms with Crippen LogP contribution in [0.15, 0.2) is 42.5 Å². The van der Waals surface area contributed by atoms with Crippen molar-refractivity contribution in [3.05, 3.63) is 53.1 Å². The second kappa shape index (κ2) is 11.1. The Bertz CT molecular complexity index is 1220. The first kappa shape index (κ1) is 27.2. The van der Waals surface area contributed by atoms with Gasteiger partial charge in [-0.05, 0) is 55.8 Å². The highest BCUT2D eigenvalue weighted by Gasteiger charge is 2.52. The fourth-order valence-corrected chi connectivity index (χ4v) is 3.15. The predicted molar refractivity (Wildman–Crippen MR) is 126 cm³/mol. The van der Waals surface area contributed by atoms with Crippen LogP contribution in [0.25, 0.3) is 22.8 Å². The van der Waals surface area contributed by atoms with Crippen LogP contribution >= 0.6 is 11.6 Å². The minimum Gasteiger partial charge on any atom is -0.491 e. The first-order valence-electron chi connectivity index (χ1n) is 10.7. The highest BCUT2D eigenvalue weighted by atomic mass is 35.5. The molecule has 0 fully saturated rings. The van der Waals surface area contributed by atoms with Crippen molar-refractivity contribution >= 4 is 17.5 Å². The Morgan fingerprint density at radius 2 is 1.69 bits per heavy atom. The maximum Gasteiger partial charge on any atom is 0.402 e. The van der Waals surface area contributed by atoms with E-state index < -0.39 is 23.5 Å². The average molecular weight is 525 g/mol. The Hall–Kier alpha value is -3.44. The number of hydrogen-bond donors (Lipinski definition) is 2. The molecule has 12 heteroatoms. The zero-order valence-electron chi connectivity index (χ0n) is 19.7. The molecule has 3 rings (SSSR count). The molecule has 0 atom stereocenters. The van der Waals surface area contributed by atoms with E-state index in [1.807, 2.05) is 0 Å². The molecule has 0 bridgehead atoms. The van der Waals surface area contributed by atoms with Gasteiger partial charge in [-0.1, -0.05) is 17.7 Å². The summed E-state index contributed by atoms with van der Waals surface area (Å²) in [5.41, 5.74) is -1.22. The van der Waals surface area contributed by atoms with Gasteiger partial charge in [-0.2, -0.15) is 23.1 Å². The van der Waals surface area contributed by atoms with E-state index in [-0.39, 0.29) is 23.2 Å². The summed E-state index contributed by atoms with van der Waals surface area (Å²) < 4.78 is 49.8. The minimum absolute atomic E-state index is 0.0479. The maximum atomic E-state index is 13.1. The van der Waals surface area contributed by atoms with Crippen molar-refractivity contribution in [2.24, 2.45) is 5.41 Å². The summed E-state index contributed by atoms with van der Waals surface area (Å²) in [5.74, 6) is -0.337. The van der Waals surface area contributed by atoms with Gasteiger partial charge in [-0.3, -0.25) is 4.79 Å². The van der Waals surface area contributed by atoms with Crippen molar-refractivity contribution in [2.45, 2.75) is 26.6 Å². The summed E-state index contributed by atoms with van der Waals surface area (Å²) in [6.45, 7) is 2.26. The highest BCUT2D eigenvalue weighted by Crippen LogP contribution is 2.37. The summed E-state index contributed by atoms with van der Waals surface area (Å²) in [6, 6.07) is 10.9. The molecule has 36 heavy (non-hydrogen) atoms. The molecule has 2 aromatic carbocycles. The highest BCUT2D eigenvalue weighted by molar-refractivity contribution is 6.33. The van der Waals surface area contributed by atoms with Crippen molar-refractivity contribution < 1.29 is 32.5 Å². The fraction of sp³-hybridized carbons (Fsp3) is 0.333. The fourth-order valence-electron chi connectivity index (χ4n) is 2.94. The number of carbonyl (C=O) groups is 1. The third kappa shape index (κ3) is 6.41. The molecule has 1 aromatic heterocycles. The number of amides is 1. The lowest BCUT2D eigenvalue weighted by molar-refractivity contribution is -0.211. The molecular formula is C24H24ClF3N4O4. The molecule has 0 saturated carbocycles. The van der Waals surface area contributed by atoms with Crippen molar-refractivity contribution in [3.63, 3.8) is 0 Å². The summed E-state index contributed by atoms with van der Waals surface area (Å²) >= 11 is 6.31. The van der Waals surface area contributed by atoms with Crippen LogP contribution in [0.1, 0.15) is 19.4 Å². The quantitative estimate of drug-likeness (QED) is 0.387. The van der Waals surface area contributed by atoms with E-state index in [4.69, 9.17) is 21.1 Å². The monoisotopic (exact) mass is 524 g/mol. The van der Waals surface area contributed by atoms with Crippen LogP contribution in [0.2, 0.25) is 5.02 Å². The van der Waals surface area contributed by atoms with Crippen LogP contribution in [0.3, 0.4) is 0 Å². The van der Waals surface area contributed by atoms with Crippen LogP contribution in [-0.2, 0) is 16.1 Å². The lowest BCUT2D eigenvalue weighted by Crippen LogP contribution is -2.46. The van der Waals surface area contributed by atoms with E-state index in [1.165, 1.54) is 12.1 Å². The molecule has 0 saturated heterocycles. The molecule has 0 unspecified atom stereocenters. The Morgan fingerprint density at radius 3 is 2.33 bits per heavy atom. The van der Waals surface area contributed by atoms with Gasteiger partial charge in [0, 0.05) is 24.8 Å². The summed E-state index contributed by atoms with van der Waals surface area (Å²) in [6.07, 6.45) is -4.70. The minimum atomic E-state index is -4.70. The number of alkyl halides is 3. The molecule has 2 N–H and O–H groups in total. The zero-order chi connectivity index (χ0) is 26.5. The van der Waals surface area contributed by atoms with Crippen molar-refractivity contribution in [1.82, 2.24) is 20.3 Å². The van der Waals surface area contributed by atoms with E-state index in [2.05, 4.69) is 20.3 Å². The Kier molecular flexibility index (Phi) is 8.36. The van der Waals surface area contributed by atoms with Crippen LogP contribution in [-0.4, -0.2) is 52.5 Å². The lowest BCUT2D eigenvalue weighted by Gasteiger charge is -2.26. The topological polar surface area (TPSA) is 106 Å². The largest absolute Gasteiger partial charge is 0.491 e. The van der Waals surface area contributed by atoms with Gasteiger partial charge in [0.05, 0.1) is 11.6 Å². The van der Waals surface area contributed by atoms with Gasteiger partial charge < -0.3 is 19.9 Å². The molecule has 0 aliphatic heterocycles. The van der Waals surface area contributed by atoms with Crippen LogP contribution in [0.4, 0.5) is 13.2 Å². The Balaban J connectivity index is 1.83. The Labute approximate surface area is 210 Å². The van der Waals surface area contributed by atoms with Gasteiger partial charge >= 0.3 is 12.2 Å². The number of nitrogens with zero attached hydrogens (tertiary/aromatic N) is 3. The molecular weight excluding hydrogens is 501 g/mol. The molecule has 3 aromatic rings. The molecule has 0 aliphatic rings. The molecule has 192 valence electrons. The molecule has 0 spiro atoms. The maximum absolute atomic E-state index is 13.1. The third-order valence-corrected chi connectivity index (χ3v) is 5.62. The zero-order valence-corrected chi connectivity index (χ0v) is 20.4. The van der Waals surface area contributed by atoms with E-state index in [0.717, 1.165) is 13.8 Å². The second-order valence-corrected chi connectivity index (χ2v) is 8.68. The third-order valence-electron chi connectivity index (χ3n) is 5.29. The van der Waals surface area contributed by atoms with Gasteiger partial charge in [-0.25, -0.2) is 4.98 Å². The van der Waals surface area contributed by atoms with Crippen molar-refractivity contribution in [2.75, 3.05) is 20.3 Å². The molecule has 1 heterocycles.